The number of carboxylic acids is 1. The Labute approximate surface area is 121 Å². The average Bonchev–Trinajstić information content (AvgIpc) is 2.89. The van der Waals surface area contributed by atoms with Crippen molar-refractivity contribution in [1.82, 2.24) is 5.32 Å². The summed E-state index contributed by atoms with van der Waals surface area (Å²) in [6.45, 7) is 2.08. The molecule has 2 aliphatic rings. The second-order valence-corrected chi connectivity index (χ2v) is 6.69. The Balaban J connectivity index is 1.72. The first-order valence-corrected chi connectivity index (χ1v) is 8.09. The highest BCUT2D eigenvalue weighted by molar-refractivity contribution is 5.81. The lowest BCUT2D eigenvalue weighted by Crippen LogP contribution is -2.38. The van der Waals surface area contributed by atoms with Gasteiger partial charge in [-0.2, -0.15) is 0 Å². The predicted molar refractivity (Wildman–Crippen MR) is 77.3 cm³/mol. The average molecular weight is 281 g/mol. The van der Waals surface area contributed by atoms with Gasteiger partial charge >= 0.3 is 5.97 Å². The summed E-state index contributed by atoms with van der Waals surface area (Å²) in [4.78, 5) is 23.1. The molecule has 0 unspecified atom stereocenters. The maximum absolute atomic E-state index is 12.2. The summed E-state index contributed by atoms with van der Waals surface area (Å²) in [5, 5.41) is 12.1. The third kappa shape index (κ3) is 4.22. The van der Waals surface area contributed by atoms with Crippen LogP contribution in [0.25, 0.3) is 0 Å². The van der Waals surface area contributed by atoms with E-state index in [2.05, 4.69) is 12.2 Å². The van der Waals surface area contributed by atoms with Crippen LogP contribution in [-0.4, -0.2) is 23.0 Å². The fourth-order valence-electron chi connectivity index (χ4n) is 3.79. The molecule has 0 saturated heterocycles. The smallest absolute Gasteiger partial charge is 0.306 e. The molecule has 0 aromatic rings. The molecule has 0 spiro atoms. The minimum Gasteiger partial charge on any atom is -0.481 e. The van der Waals surface area contributed by atoms with Crippen LogP contribution >= 0.6 is 0 Å². The van der Waals surface area contributed by atoms with Crippen LogP contribution in [0.1, 0.15) is 64.7 Å². The molecule has 0 heterocycles. The van der Waals surface area contributed by atoms with E-state index in [1.165, 1.54) is 32.1 Å². The Hall–Kier alpha value is -1.06. The lowest BCUT2D eigenvalue weighted by atomic mass is 9.85. The van der Waals surface area contributed by atoms with E-state index in [4.69, 9.17) is 5.11 Å². The van der Waals surface area contributed by atoms with Crippen molar-refractivity contribution < 1.29 is 14.7 Å². The van der Waals surface area contributed by atoms with Crippen LogP contribution in [0.15, 0.2) is 0 Å². The van der Waals surface area contributed by atoms with Crippen LogP contribution in [0.4, 0.5) is 0 Å². The highest BCUT2D eigenvalue weighted by Gasteiger charge is 2.34. The van der Waals surface area contributed by atoms with Gasteiger partial charge in [0, 0.05) is 12.0 Å². The van der Waals surface area contributed by atoms with E-state index in [-0.39, 0.29) is 23.8 Å². The fourth-order valence-corrected chi connectivity index (χ4v) is 3.79. The molecule has 2 aliphatic carbocycles. The molecule has 4 heteroatoms. The van der Waals surface area contributed by atoms with Crippen LogP contribution in [-0.2, 0) is 9.59 Å². The molecule has 4 nitrogen and oxygen atoms in total. The van der Waals surface area contributed by atoms with Gasteiger partial charge in [-0.05, 0) is 38.5 Å². The molecule has 3 atom stereocenters. The second kappa shape index (κ2) is 7.09. The second-order valence-electron chi connectivity index (χ2n) is 6.69. The van der Waals surface area contributed by atoms with Crippen LogP contribution < -0.4 is 5.32 Å². The molecule has 114 valence electrons. The topological polar surface area (TPSA) is 66.4 Å². The van der Waals surface area contributed by atoms with Gasteiger partial charge in [-0.3, -0.25) is 9.59 Å². The quantitative estimate of drug-likeness (QED) is 0.814. The van der Waals surface area contributed by atoms with Crippen molar-refractivity contribution in [2.24, 2.45) is 17.8 Å². The SMILES string of the molecule is C[C@H](CC1CCCCC1)NC(=O)[C@@H]1CC[C@H](C(=O)O)C1. The standard InChI is InChI=1S/C16H27NO3/c1-11(9-12-5-3-2-4-6-12)17-15(18)13-7-8-14(10-13)16(19)20/h11-14H,2-10H2,1H3,(H,17,18)(H,19,20)/t11-,13-,14+/m1/s1. The monoisotopic (exact) mass is 281 g/mol. The molecular weight excluding hydrogens is 254 g/mol. The Morgan fingerprint density at radius 2 is 1.75 bits per heavy atom. The summed E-state index contributed by atoms with van der Waals surface area (Å²) in [5.41, 5.74) is 0. The number of hydrogen-bond acceptors (Lipinski definition) is 2. The van der Waals surface area contributed by atoms with Gasteiger partial charge in [-0.15, -0.1) is 0 Å². The van der Waals surface area contributed by atoms with Gasteiger partial charge in [0.05, 0.1) is 5.92 Å². The summed E-state index contributed by atoms with van der Waals surface area (Å²) >= 11 is 0. The highest BCUT2D eigenvalue weighted by atomic mass is 16.4. The minimum absolute atomic E-state index is 0.0667. The first kappa shape index (κ1) is 15.3. The maximum Gasteiger partial charge on any atom is 0.306 e. The molecular formula is C16H27NO3. The summed E-state index contributed by atoms with van der Waals surface area (Å²) in [6.07, 6.45) is 9.55. The Bertz CT molecular complexity index is 350. The lowest BCUT2D eigenvalue weighted by molar-refractivity contribution is -0.141. The van der Waals surface area contributed by atoms with E-state index in [9.17, 15) is 9.59 Å². The molecule has 2 rings (SSSR count). The molecule has 0 radical (unpaired) electrons. The molecule has 2 saturated carbocycles. The summed E-state index contributed by atoms with van der Waals surface area (Å²) in [7, 11) is 0. The summed E-state index contributed by atoms with van der Waals surface area (Å²) in [6, 6.07) is 0.217. The Morgan fingerprint density at radius 3 is 2.35 bits per heavy atom. The first-order valence-electron chi connectivity index (χ1n) is 8.09. The van der Waals surface area contributed by atoms with Gasteiger partial charge in [-0.25, -0.2) is 0 Å². The van der Waals surface area contributed by atoms with Crippen molar-refractivity contribution in [3.8, 4) is 0 Å². The third-order valence-electron chi connectivity index (χ3n) is 4.95. The molecule has 1 amide bonds. The van der Waals surface area contributed by atoms with E-state index in [0.29, 0.717) is 12.8 Å². The largest absolute Gasteiger partial charge is 0.481 e. The molecule has 0 aliphatic heterocycles. The first-order chi connectivity index (χ1) is 9.56. The highest BCUT2D eigenvalue weighted by Crippen LogP contribution is 2.32. The molecule has 0 aromatic heterocycles. The van der Waals surface area contributed by atoms with E-state index < -0.39 is 5.97 Å². The Kier molecular flexibility index (Phi) is 5.44. The fraction of sp³-hybridized carbons (Fsp3) is 0.875. The van der Waals surface area contributed by atoms with E-state index in [0.717, 1.165) is 18.8 Å². The van der Waals surface area contributed by atoms with Crippen LogP contribution in [0, 0.1) is 17.8 Å². The summed E-state index contributed by atoms with van der Waals surface area (Å²) in [5.74, 6) is -0.341. The zero-order valence-electron chi connectivity index (χ0n) is 12.4. The van der Waals surface area contributed by atoms with Crippen molar-refractivity contribution in [1.29, 1.82) is 0 Å². The molecule has 0 aromatic carbocycles. The zero-order valence-corrected chi connectivity index (χ0v) is 12.4. The van der Waals surface area contributed by atoms with Crippen LogP contribution in [0.3, 0.4) is 0 Å². The van der Waals surface area contributed by atoms with Crippen LogP contribution in [0.5, 0.6) is 0 Å². The van der Waals surface area contributed by atoms with Crippen molar-refractivity contribution in [2.75, 3.05) is 0 Å². The zero-order chi connectivity index (χ0) is 14.5. The number of nitrogens with one attached hydrogen (secondary N) is 1. The minimum atomic E-state index is -0.754. The van der Waals surface area contributed by atoms with E-state index in [1.54, 1.807) is 0 Å². The van der Waals surface area contributed by atoms with Crippen LogP contribution in [0.2, 0.25) is 0 Å². The third-order valence-corrected chi connectivity index (χ3v) is 4.95. The normalized spacial score (nSPS) is 29.1. The number of carbonyl (C=O) groups is 2. The number of hydrogen-bond donors (Lipinski definition) is 2. The molecule has 2 fully saturated rings. The van der Waals surface area contributed by atoms with Crippen molar-refractivity contribution in [3.63, 3.8) is 0 Å². The van der Waals surface area contributed by atoms with Gasteiger partial charge in [0.25, 0.3) is 0 Å². The summed E-state index contributed by atoms with van der Waals surface area (Å²) < 4.78 is 0. The predicted octanol–water partition coefficient (Wildman–Crippen LogP) is 2.96. The molecule has 20 heavy (non-hydrogen) atoms. The van der Waals surface area contributed by atoms with Gasteiger partial charge in [-0.1, -0.05) is 32.1 Å². The number of amides is 1. The lowest BCUT2D eigenvalue weighted by Gasteiger charge is -2.25. The number of rotatable bonds is 5. The van der Waals surface area contributed by atoms with Gasteiger partial charge in [0.15, 0.2) is 0 Å². The molecule has 0 bridgehead atoms. The molecule has 2 N–H and O–H groups in total. The number of carboxylic acid groups (broad SMARTS) is 1. The number of carbonyl (C=O) groups excluding carboxylic acids is 1. The van der Waals surface area contributed by atoms with Gasteiger partial charge in [0.1, 0.15) is 0 Å². The van der Waals surface area contributed by atoms with Crippen molar-refractivity contribution in [2.45, 2.75) is 70.8 Å². The van der Waals surface area contributed by atoms with Gasteiger partial charge < -0.3 is 10.4 Å². The van der Waals surface area contributed by atoms with E-state index >= 15 is 0 Å². The van der Waals surface area contributed by atoms with Crippen molar-refractivity contribution in [3.05, 3.63) is 0 Å². The maximum atomic E-state index is 12.2. The van der Waals surface area contributed by atoms with Gasteiger partial charge in [0.2, 0.25) is 5.91 Å². The van der Waals surface area contributed by atoms with E-state index in [1.807, 2.05) is 0 Å². The number of aliphatic carboxylic acids is 1. The Morgan fingerprint density at radius 1 is 1.10 bits per heavy atom. The van der Waals surface area contributed by atoms with Crippen molar-refractivity contribution >= 4 is 11.9 Å².